The highest BCUT2D eigenvalue weighted by atomic mass is 16.3. The Hall–Kier alpha value is -2.94. The summed E-state index contributed by atoms with van der Waals surface area (Å²) in [6.07, 6.45) is 11.7. The van der Waals surface area contributed by atoms with E-state index in [-0.39, 0.29) is 57.0 Å². The van der Waals surface area contributed by atoms with E-state index in [1.165, 1.54) is 0 Å². The lowest BCUT2D eigenvalue weighted by Gasteiger charge is -2.69. The molecule has 1 amide bonds. The first-order chi connectivity index (χ1) is 19.6. The quantitative estimate of drug-likeness (QED) is 0.417. The molecule has 1 aromatic heterocycles. The predicted octanol–water partition coefficient (Wildman–Crippen LogP) is 7.12. The lowest BCUT2D eigenvalue weighted by Crippen LogP contribution is -2.65. The number of Topliss-reactive ketones (excluding diaryl/α,β-unsaturated/α-hetero) is 1. The van der Waals surface area contributed by atoms with Crippen molar-refractivity contribution in [2.24, 2.45) is 50.2 Å². The lowest BCUT2D eigenvalue weighted by molar-refractivity contribution is -0.172. The van der Waals surface area contributed by atoms with E-state index in [1.54, 1.807) is 6.26 Å². The van der Waals surface area contributed by atoms with E-state index in [0.717, 1.165) is 49.9 Å². The average molecular weight is 571 g/mol. The van der Waals surface area contributed by atoms with Gasteiger partial charge in [0.05, 0.1) is 18.4 Å². The summed E-state index contributed by atoms with van der Waals surface area (Å²) in [5.74, 6) is 0.831. The van der Waals surface area contributed by atoms with Crippen LogP contribution in [0.15, 0.2) is 46.1 Å². The van der Waals surface area contributed by atoms with Crippen LogP contribution in [0.3, 0.4) is 0 Å². The second-order valence-corrected chi connectivity index (χ2v) is 16.1. The highest BCUT2D eigenvalue weighted by Crippen LogP contribution is 2.74. The Balaban J connectivity index is 1.39. The van der Waals surface area contributed by atoms with Gasteiger partial charge >= 0.3 is 0 Å². The van der Waals surface area contributed by atoms with Crippen molar-refractivity contribution in [1.82, 2.24) is 5.32 Å². The Kier molecular flexibility index (Phi) is 6.27. The first-order valence-corrected chi connectivity index (χ1v) is 15.8. The van der Waals surface area contributed by atoms with E-state index in [4.69, 9.17) is 4.42 Å². The summed E-state index contributed by atoms with van der Waals surface area (Å²) in [5, 5.41) is 13.0. The van der Waals surface area contributed by atoms with Crippen LogP contribution in [0.25, 0.3) is 0 Å². The van der Waals surface area contributed by atoms with Crippen molar-refractivity contribution in [2.75, 3.05) is 0 Å². The third-order valence-corrected chi connectivity index (χ3v) is 13.6. The number of nitriles is 1. The topological polar surface area (TPSA) is 100 Å². The maximum atomic E-state index is 14.5. The molecule has 0 bridgehead atoms. The first-order valence-electron chi connectivity index (χ1n) is 15.8. The normalized spacial score (nSPS) is 43.9. The minimum absolute atomic E-state index is 0.0105. The van der Waals surface area contributed by atoms with Gasteiger partial charge in [0.25, 0.3) is 0 Å². The standard InChI is InChI=1S/C36H46N2O4/c1-31(2)26-10-11-35(6)27(34(26,5)18-22(20-37)29(31)40)17-25(39)28-24-19-33(4,30(41)38-21-23-9-8-16-42-23)13-12-32(24,3)14-15-36(28,35)7/h8-9,16-18,24,26,28H,10-15,19,21H2,1-7H3,(H,38,41). The van der Waals surface area contributed by atoms with Gasteiger partial charge in [0.15, 0.2) is 11.6 Å². The highest BCUT2D eigenvalue weighted by molar-refractivity contribution is 6.04. The molecule has 0 aliphatic heterocycles. The number of ketones is 2. The fourth-order valence-electron chi connectivity index (χ4n) is 10.7. The van der Waals surface area contributed by atoms with Crippen LogP contribution in [0, 0.1) is 61.6 Å². The lowest BCUT2D eigenvalue weighted by atomic mass is 9.34. The number of nitrogens with zero attached hydrogens (tertiary/aromatic N) is 1. The Bertz CT molecular complexity index is 1460. The van der Waals surface area contributed by atoms with Gasteiger partial charge in [-0.2, -0.15) is 5.26 Å². The summed E-state index contributed by atoms with van der Waals surface area (Å²) >= 11 is 0. The molecule has 8 unspecified atom stereocenters. The van der Waals surface area contributed by atoms with E-state index in [2.05, 4.69) is 46.0 Å². The Labute approximate surface area is 250 Å². The van der Waals surface area contributed by atoms with Gasteiger partial charge in [0.1, 0.15) is 11.8 Å². The van der Waals surface area contributed by atoms with Gasteiger partial charge < -0.3 is 9.73 Å². The molecule has 0 spiro atoms. The van der Waals surface area contributed by atoms with E-state index in [0.29, 0.717) is 13.0 Å². The molecule has 6 nitrogen and oxygen atoms in total. The van der Waals surface area contributed by atoms with Crippen LogP contribution in [0.4, 0.5) is 0 Å². The van der Waals surface area contributed by atoms with Gasteiger partial charge in [0.2, 0.25) is 5.91 Å². The van der Waals surface area contributed by atoms with Crippen molar-refractivity contribution in [3.63, 3.8) is 0 Å². The van der Waals surface area contributed by atoms with E-state index < -0.39 is 16.2 Å². The van der Waals surface area contributed by atoms with Crippen molar-refractivity contribution in [3.05, 3.63) is 47.5 Å². The Morgan fingerprint density at radius 3 is 2.43 bits per heavy atom. The molecule has 5 aliphatic rings. The number of fused-ring (bicyclic) bond motifs is 7. The molecule has 0 aromatic carbocycles. The van der Waals surface area contributed by atoms with Crippen LogP contribution >= 0.6 is 0 Å². The van der Waals surface area contributed by atoms with Crippen molar-refractivity contribution < 1.29 is 18.8 Å². The maximum Gasteiger partial charge on any atom is 0.226 e. The van der Waals surface area contributed by atoms with Gasteiger partial charge in [-0.25, -0.2) is 0 Å². The average Bonchev–Trinajstić information content (AvgIpc) is 3.45. The highest BCUT2D eigenvalue weighted by Gasteiger charge is 2.69. The summed E-state index contributed by atoms with van der Waals surface area (Å²) in [5.41, 5.74) is -0.935. The number of amides is 1. The van der Waals surface area contributed by atoms with Crippen LogP contribution in [-0.2, 0) is 20.9 Å². The molecule has 6 heteroatoms. The molecule has 8 atom stereocenters. The van der Waals surface area contributed by atoms with Crippen molar-refractivity contribution in [2.45, 2.75) is 100.0 Å². The largest absolute Gasteiger partial charge is 0.467 e. The van der Waals surface area contributed by atoms with Crippen molar-refractivity contribution in [1.29, 1.82) is 5.26 Å². The summed E-state index contributed by atoms with van der Waals surface area (Å²) in [6, 6.07) is 5.88. The number of hydrogen-bond acceptors (Lipinski definition) is 5. The van der Waals surface area contributed by atoms with E-state index >= 15 is 0 Å². The van der Waals surface area contributed by atoms with Crippen molar-refractivity contribution >= 4 is 17.5 Å². The van der Waals surface area contributed by atoms with Crippen LogP contribution in [0.1, 0.15) is 99.2 Å². The minimum atomic E-state index is -0.670. The van der Waals surface area contributed by atoms with Crippen LogP contribution in [-0.4, -0.2) is 17.5 Å². The third-order valence-electron chi connectivity index (χ3n) is 13.6. The first kappa shape index (κ1) is 29.1. The van der Waals surface area contributed by atoms with Crippen molar-refractivity contribution in [3.8, 4) is 6.07 Å². The molecular weight excluding hydrogens is 524 g/mol. The van der Waals surface area contributed by atoms with Gasteiger partial charge in [-0.05, 0) is 91.2 Å². The van der Waals surface area contributed by atoms with Gasteiger partial charge in [-0.15, -0.1) is 0 Å². The SMILES string of the molecule is CC1(C(=O)NCc2ccco2)CCC2(C)CCC3(C)C(C(=O)C=C4C5(C)C=C(C#N)C(=O)C(C)(C)C5CCC43C)C2C1. The minimum Gasteiger partial charge on any atom is -0.467 e. The molecule has 224 valence electrons. The monoisotopic (exact) mass is 570 g/mol. The van der Waals surface area contributed by atoms with Gasteiger partial charge in [-0.3, -0.25) is 14.4 Å². The molecule has 3 fully saturated rings. The molecule has 0 saturated heterocycles. The maximum absolute atomic E-state index is 14.5. The number of hydrogen-bond donors (Lipinski definition) is 1. The van der Waals surface area contributed by atoms with E-state index in [9.17, 15) is 19.6 Å². The summed E-state index contributed by atoms with van der Waals surface area (Å²) < 4.78 is 5.44. The fourth-order valence-corrected chi connectivity index (χ4v) is 10.7. The molecule has 1 heterocycles. The van der Waals surface area contributed by atoms with E-state index in [1.807, 2.05) is 38.1 Å². The molecule has 3 saturated carbocycles. The number of nitrogens with one attached hydrogen (secondary N) is 1. The zero-order valence-corrected chi connectivity index (χ0v) is 26.4. The third kappa shape index (κ3) is 3.70. The summed E-state index contributed by atoms with van der Waals surface area (Å²) in [4.78, 5) is 41.5. The number of furan rings is 1. The second kappa shape index (κ2) is 9.04. The molecule has 1 aromatic rings. The molecule has 42 heavy (non-hydrogen) atoms. The molecule has 0 radical (unpaired) electrons. The number of carbonyl (C=O) groups is 3. The number of allylic oxidation sites excluding steroid dienone is 4. The van der Waals surface area contributed by atoms with Crippen LogP contribution in [0.5, 0.6) is 0 Å². The van der Waals surface area contributed by atoms with Crippen LogP contribution < -0.4 is 5.32 Å². The smallest absolute Gasteiger partial charge is 0.226 e. The number of carbonyl (C=O) groups excluding carboxylic acids is 3. The van der Waals surface area contributed by atoms with Gasteiger partial charge in [-0.1, -0.05) is 60.1 Å². The Morgan fingerprint density at radius 1 is 1.05 bits per heavy atom. The van der Waals surface area contributed by atoms with Crippen LogP contribution in [0.2, 0.25) is 0 Å². The Morgan fingerprint density at radius 2 is 1.76 bits per heavy atom. The molecule has 6 rings (SSSR count). The zero-order valence-electron chi connectivity index (χ0n) is 26.4. The fraction of sp³-hybridized carbons (Fsp3) is 0.667. The predicted molar refractivity (Wildman–Crippen MR) is 159 cm³/mol. The second-order valence-electron chi connectivity index (χ2n) is 16.1. The summed E-state index contributed by atoms with van der Waals surface area (Å²) in [6.45, 7) is 15.6. The molecule has 5 aliphatic carbocycles. The number of rotatable bonds is 3. The molecular formula is C36H46N2O4. The van der Waals surface area contributed by atoms with Gasteiger partial charge in [0, 0.05) is 22.2 Å². The molecule has 1 N–H and O–H groups in total. The summed E-state index contributed by atoms with van der Waals surface area (Å²) in [7, 11) is 0. The zero-order chi connectivity index (χ0) is 30.5.